The molecule has 7 aromatic carbocycles. The van der Waals surface area contributed by atoms with Crippen molar-refractivity contribution in [3.05, 3.63) is 176 Å². The van der Waals surface area contributed by atoms with Gasteiger partial charge in [-0.25, -0.2) is 4.98 Å². The van der Waals surface area contributed by atoms with Gasteiger partial charge in [-0.2, -0.15) is 0 Å². The molecule has 50 heavy (non-hydrogen) atoms. The van der Waals surface area contributed by atoms with Crippen LogP contribution in [0.4, 0.5) is 0 Å². The van der Waals surface area contributed by atoms with Crippen molar-refractivity contribution in [2.45, 2.75) is 0 Å². The van der Waals surface area contributed by atoms with E-state index in [1.54, 1.807) is 0 Å². The standard InChI is InChI=1S/C46H30N4/c1-2-12-30(13-3-1)32-26-27-47-41(29-32)34-17-8-16-33(28-34)36-20-11-25-43-45(36)49-46(50(43)42-24-9-15-31-14-4-5-18-35(31)42)39-22-10-21-38-37-19-6-7-23-40(37)48-44(38)39/h1-29,48H. The van der Waals surface area contributed by atoms with Crippen molar-refractivity contribution in [2.24, 2.45) is 0 Å². The maximum absolute atomic E-state index is 5.55. The lowest BCUT2D eigenvalue weighted by molar-refractivity contribution is 1.12. The van der Waals surface area contributed by atoms with Crippen LogP contribution in [0, 0.1) is 0 Å². The lowest BCUT2D eigenvalue weighted by atomic mass is 9.99. The minimum Gasteiger partial charge on any atom is -0.354 e. The summed E-state index contributed by atoms with van der Waals surface area (Å²) in [5.41, 5.74) is 12.9. The summed E-state index contributed by atoms with van der Waals surface area (Å²) in [4.78, 5) is 14.1. The third-order valence-corrected chi connectivity index (χ3v) is 9.81. The summed E-state index contributed by atoms with van der Waals surface area (Å²) >= 11 is 0. The quantitative estimate of drug-likeness (QED) is 0.204. The van der Waals surface area contributed by atoms with E-state index in [1.807, 2.05) is 12.3 Å². The fraction of sp³-hybridized carbons (Fsp3) is 0. The predicted octanol–water partition coefficient (Wildman–Crippen LogP) is 11.9. The summed E-state index contributed by atoms with van der Waals surface area (Å²) in [5.74, 6) is 0.898. The number of nitrogens with one attached hydrogen (secondary N) is 1. The maximum Gasteiger partial charge on any atom is 0.147 e. The Labute approximate surface area is 289 Å². The Morgan fingerprint density at radius 2 is 1.18 bits per heavy atom. The number of hydrogen-bond acceptors (Lipinski definition) is 2. The van der Waals surface area contributed by atoms with Crippen molar-refractivity contribution >= 4 is 43.6 Å². The van der Waals surface area contributed by atoms with Crippen LogP contribution in [0.5, 0.6) is 0 Å². The highest BCUT2D eigenvalue weighted by Gasteiger charge is 2.21. The van der Waals surface area contributed by atoms with Gasteiger partial charge in [0.15, 0.2) is 0 Å². The Morgan fingerprint density at radius 3 is 2.12 bits per heavy atom. The molecule has 10 rings (SSSR count). The Balaban J connectivity index is 1.21. The molecule has 3 heterocycles. The van der Waals surface area contributed by atoms with Gasteiger partial charge in [0, 0.05) is 44.6 Å². The molecule has 10 aromatic rings. The summed E-state index contributed by atoms with van der Waals surface area (Å²) in [5, 5.41) is 4.76. The molecule has 0 bridgehead atoms. The van der Waals surface area contributed by atoms with Crippen LogP contribution in [0.3, 0.4) is 0 Å². The van der Waals surface area contributed by atoms with Crippen molar-refractivity contribution in [3.63, 3.8) is 0 Å². The minimum atomic E-state index is 0.898. The van der Waals surface area contributed by atoms with E-state index in [-0.39, 0.29) is 0 Å². The van der Waals surface area contributed by atoms with Crippen molar-refractivity contribution in [1.82, 2.24) is 19.5 Å². The molecular formula is C46H30N4. The van der Waals surface area contributed by atoms with Crippen LogP contribution in [-0.2, 0) is 0 Å². The molecule has 0 saturated carbocycles. The van der Waals surface area contributed by atoms with Crippen LogP contribution in [0.15, 0.2) is 176 Å². The average Bonchev–Trinajstić information content (AvgIpc) is 3.77. The first-order valence-corrected chi connectivity index (χ1v) is 16.9. The first-order valence-electron chi connectivity index (χ1n) is 16.9. The number of aromatic nitrogens is 4. The van der Waals surface area contributed by atoms with E-state index in [4.69, 9.17) is 9.97 Å². The average molecular weight is 639 g/mol. The summed E-state index contributed by atoms with van der Waals surface area (Å²) in [6.07, 6.45) is 1.90. The molecule has 0 spiro atoms. The van der Waals surface area contributed by atoms with Gasteiger partial charge in [-0.1, -0.05) is 127 Å². The van der Waals surface area contributed by atoms with Crippen molar-refractivity contribution in [2.75, 3.05) is 0 Å². The van der Waals surface area contributed by atoms with Gasteiger partial charge < -0.3 is 4.98 Å². The van der Waals surface area contributed by atoms with Gasteiger partial charge in [-0.3, -0.25) is 9.55 Å². The van der Waals surface area contributed by atoms with Crippen LogP contribution < -0.4 is 0 Å². The second-order valence-electron chi connectivity index (χ2n) is 12.7. The molecule has 0 fully saturated rings. The number of para-hydroxylation sites is 3. The molecule has 234 valence electrons. The predicted molar refractivity (Wildman–Crippen MR) is 207 cm³/mol. The highest BCUT2D eigenvalue weighted by Crippen LogP contribution is 2.40. The Hall–Kier alpha value is -6.78. The van der Waals surface area contributed by atoms with Gasteiger partial charge in [-0.05, 0) is 64.5 Å². The second kappa shape index (κ2) is 11.4. The monoisotopic (exact) mass is 638 g/mol. The number of hydrogen-bond donors (Lipinski definition) is 1. The van der Waals surface area contributed by atoms with E-state index in [2.05, 4.69) is 173 Å². The highest BCUT2D eigenvalue weighted by molar-refractivity contribution is 6.12. The van der Waals surface area contributed by atoms with Crippen LogP contribution in [0.1, 0.15) is 0 Å². The summed E-state index contributed by atoms with van der Waals surface area (Å²) in [6, 6.07) is 60.0. The topological polar surface area (TPSA) is 46.5 Å². The molecule has 1 N–H and O–H groups in total. The molecule has 0 unspecified atom stereocenters. The molecule has 0 saturated heterocycles. The first-order chi connectivity index (χ1) is 24.8. The van der Waals surface area contributed by atoms with Gasteiger partial charge in [0.25, 0.3) is 0 Å². The summed E-state index contributed by atoms with van der Waals surface area (Å²) < 4.78 is 2.34. The number of rotatable bonds is 5. The normalized spacial score (nSPS) is 11.6. The largest absolute Gasteiger partial charge is 0.354 e. The van der Waals surface area contributed by atoms with Crippen molar-refractivity contribution < 1.29 is 0 Å². The Kier molecular flexibility index (Phi) is 6.46. The van der Waals surface area contributed by atoms with E-state index in [9.17, 15) is 0 Å². The Bertz CT molecular complexity index is 2870. The number of nitrogens with zero attached hydrogens (tertiary/aromatic N) is 3. The van der Waals surface area contributed by atoms with E-state index in [0.717, 1.165) is 67.1 Å². The smallest absolute Gasteiger partial charge is 0.147 e. The van der Waals surface area contributed by atoms with Crippen LogP contribution >= 0.6 is 0 Å². The fourth-order valence-electron chi connectivity index (χ4n) is 7.46. The van der Waals surface area contributed by atoms with E-state index < -0.39 is 0 Å². The van der Waals surface area contributed by atoms with Gasteiger partial charge in [0.2, 0.25) is 0 Å². The van der Waals surface area contributed by atoms with Crippen molar-refractivity contribution in [3.8, 4) is 50.6 Å². The second-order valence-corrected chi connectivity index (χ2v) is 12.7. The number of pyridine rings is 1. The molecule has 0 atom stereocenters. The molecule has 3 aromatic heterocycles. The SMILES string of the molecule is c1ccc(-c2ccnc(-c3cccc(-c4cccc5c4nc(-c4cccc6c4[nH]c4ccccc46)n5-c4cccc5ccccc45)c3)c2)cc1. The third kappa shape index (κ3) is 4.54. The first kappa shape index (κ1) is 28.3. The lowest BCUT2D eigenvalue weighted by Gasteiger charge is -2.13. The molecule has 0 aliphatic heterocycles. The molecular weight excluding hydrogens is 609 g/mol. The van der Waals surface area contributed by atoms with E-state index in [0.29, 0.717) is 0 Å². The zero-order valence-electron chi connectivity index (χ0n) is 27.1. The van der Waals surface area contributed by atoms with Gasteiger partial charge >= 0.3 is 0 Å². The van der Waals surface area contributed by atoms with Gasteiger partial charge in [-0.15, -0.1) is 0 Å². The van der Waals surface area contributed by atoms with Crippen molar-refractivity contribution in [1.29, 1.82) is 0 Å². The summed E-state index contributed by atoms with van der Waals surface area (Å²) in [7, 11) is 0. The highest BCUT2D eigenvalue weighted by atomic mass is 15.1. The van der Waals surface area contributed by atoms with Crippen LogP contribution in [0.2, 0.25) is 0 Å². The summed E-state index contributed by atoms with van der Waals surface area (Å²) in [6.45, 7) is 0. The number of fused-ring (bicyclic) bond motifs is 5. The molecule has 4 heteroatoms. The Morgan fingerprint density at radius 1 is 0.480 bits per heavy atom. The van der Waals surface area contributed by atoms with E-state index in [1.165, 1.54) is 27.1 Å². The molecule has 0 amide bonds. The number of benzene rings is 7. The third-order valence-electron chi connectivity index (χ3n) is 9.81. The number of H-pyrrole nitrogens is 1. The van der Waals surface area contributed by atoms with E-state index >= 15 is 0 Å². The van der Waals surface area contributed by atoms with Gasteiger partial charge in [0.1, 0.15) is 5.82 Å². The van der Waals surface area contributed by atoms with Crippen LogP contribution in [-0.4, -0.2) is 19.5 Å². The molecule has 0 aliphatic carbocycles. The lowest BCUT2D eigenvalue weighted by Crippen LogP contribution is -1.99. The number of imidazole rings is 1. The minimum absolute atomic E-state index is 0.898. The number of aromatic amines is 1. The zero-order chi connectivity index (χ0) is 33.0. The molecule has 0 radical (unpaired) electrons. The zero-order valence-corrected chi connectivity index (χ0v) is 27.1. The van der Waals surface area contributed by atoms with Gasteiger partial charge in [0.05, 0.1) is 27.9 Å². The van der Waals surface area contributed by atoms with Crippen LogP contribution in [0.25, 0.3) is 94.2 Å². The fourth-order valence-corrected chi connectivity index (χ4v) is 7.46. The molecule has 4 nitrogen and oxygen atoms in total. The molecule has 0 aliphatic rings. The maximum atomic E-state index is 5.55.